The summed E-state index contributed by atoms with van der Waals surface area (Å²) in [7, 11) is 0. The van der Waals surface area contributed by atoms with Crippen molar-refractivity contribution in [2.24, 2.45) is 22.4 Å². The van der Waals surface area contributed by atoms with Gasteiger partial charge in [0.05, 0.1) is 18.8 Å². The number of ether oxygens (including phenoxy) is 3. The quantitative estimate of drug-likeness (QED) is 0.319. The maximum atomic E-state index is 11.3. The highest BCUT2D eigenvalue weighted by atomic mass is 16.5. The SMILES string of the molecule is CCOc1cccc2c1O[C@@](C)(CCC(=O)O)[C@@H]1CC[C@@H](CCCN=C(N)N)O[C@@H]21. The first-order valence-electron chi connectivity index (χ1n) is 10.7. The lowest BCUT2D eigenvalue weighted by atomic mass is 9.72. The summed E-state index contributed by atoms with van der Waals surface area (Å²) in [5, 5.41) is 9.25. The fourth-order valence-electron chi connectivity index (χ4n) is 4.58. The van der Waals surface area contributed by atoms with Gasteiger partial charge in [-0.1, -0.05) is 12.1 Å². The van der Waals surface area contributed by atoms with Crippen molar-refractivity contribution >= 4 is 11.9 Å². The van der Waals surface area contributed by atoms with Gasteiger partial charge in [-0.3, -0.25) is 9.79 Å². The molecule has 0 aliphatic carbocycles. The second-order valence-corrected chi connectivity index (χ2v) is 8.23. The summed E-state index contributed by atoms with van der Waals surface area (Å²) in [4.78, 5) is 15.3. The van der Waals surface area contributed by atoms with Crippen molar-refractivity contribution in [1.82, 2.24) is 0 Å². The number of guanidine groups is 1. The van der Waals surface area contributed by atoms with Gasteiger partial charge in [0.2, 0.25) is 0 Å². The van der Waals surface area contributed by atoms with Gasteiger partial charge >= 0.3 is 5.97 Å². The van der Waals surface area contributed by atoms with Crippen molar-refractivity contribution in [3.05, 3.63) is 23.8 Å². The van der Waals surface area contributed by atoms with E-state index in [0.717, 1.165) is 31.2 Å². The lowest BCUT2D eigenvalue weighted by molar-refractivity contribution is -0.162. The van der Waals surface area contributed by atoms with Gasteiger partial charge in [0, 0.05) is 24.4 Å². The van der Waals surface area contributed by atoms with Gasteiger partial charge in [0.1, 0.15) is 5.60 Å². The van der Waals surface area contributed by atoms with E-state index in [1.54, 1.807) is 0 Å². The van der Waals surface area contributed by atoms with Gasteiger partial charge in [0.15, 0.2) is 17.5 Å². The van der Waals surface area contributed by atoms with E-state index in [-0.39, 0.29) is 30.5 Å². The number of nitrogens with two attached hydrogens (primary N) is 2. The smallest absolute Gasteiger partial charge is 0.303 e. The Morgan fingerprint density at radius 1 is 1.37 bits per heavy atom. The van der Waals surface area contributed by atoms with Gasteiger partial charge in [-0.05, 0) is 52.0 Å². The first kappa shape index (κ1) is 22.2. The zero-order valence-electron chi connectivity index (χ0n) is 17.8. The summed E-state index contributed by atoms with van der Waals surface area (Å²) in [5.74, 6) is 0.712. The minimum atomic E-state index is -0.824. The van der Waals surface area contributed by atoms with Crippen LogP contribution in [-0.2, 0) is 9.53 Å². The number of para-hydroxylation sites is 1. The topological polar surface area (TPSA) is 129 Å². The molecule has 4 atom stereocenters. The number of nitrogens with zero attached hydrogens (tertiary/aromatic N) is 1. The van der Waals surface area contributed by atoms with Crippen LogP contribution in [0.4, 0.5) is 0 Å². The highest BCUT2D eigenvalue weighted by Crippen LogP contribution is 2.54. The highest BCUT2D eigenvalue weighted by molar-refractivity contribution is 5.75. The molecule has 0 aromatic heterocycles. The Morgan fingerprint density at radius 2 is 2.17 bits per heavy atom. The number of rotatable bonds is 9. The van der Waals surface area contributed by atoms with Crippen LogP contribution in [-0.4, -0.2) is 41.9 Å². The van der Waals surface area contributed by atoms with Crippen LogP contribution in [0.5, 0.6) is 11.5 Å². The Bertz CT molecular complexity index is 780. The monoisotopic (exact) mass is 419 g/mol. The molecule has 0 unspecified atom stereocenters. The molecular formula is C22H33N3O5. The molecule has 0 amide bonds. The number of aliphatic imine (C=N–C) groups is 1. The van der Waals surface area contributed by atoms with E-state index in [1.165, 1.54) is 0 Å². The summed E-state index contributed by atoms with van der Waals surface area (Å²) < 4.78 is 18.8. The minimum Gasteiger partial charge on any atom is -0.490 e. The van der Waals surface area contributed by atoms with Crippen LogP contribution in [0.2, 0.25) is 0 Å². The molecule has 0 spiro atoms. The predicted molar refractivity (Wildman–Crippen MR) is 114 cm³/mol. The lowest BCUT2D eigenvalue weighted by Crippen LogP contribution is -2.50. The number of carbonyl (C=O) groups is 1. The molecule has 8 heteroatoms. The first-order valence-corrected chi connectivity index (χ1v) is 10.7. The first-order chi connectivity index (χ1) is 14.3. The number of hydrogen-bond donors (Lipinski definition) is 3. The Balaban J connectivity index is 1.84. The molecule has 8 nitrogen and oxygen atoms in total. The molecule has 1 fully saturated rings. The van der Waals surface area contributed by atoms with Crippen LogP contribution in [0.1, 0.15) is 64.0 Å². The van der Waals surface area contributed by atoms with Crippen molar-refractivity contribution < 1.29 is 24.1 Å². The van der Waals surface area contributed by atoms with E-state index in [9.17, 15) is 9.90 Å². The van der Waals surface area contributed by atoms with Gasteiger partial charge in [-0.25, -0.2) is 0 Å². The fraction of sp³-hybridized carbons (Fsp3) is 0.636. The van der Waals surface area contributed by atoms with E-state index in [2.05, 4.69) is 4.99 Å². The van der Waals surface area contributed by atoms with Crippen molar-refractivity contribution in [3.8, 4) is 11.5 Å². The summed E-state index contributed by atoms with van der Waals surface area (Å²) in [5.41, 5.74) is 11.1. The second-order valence-electron chi connectivity index (χ2n) is 8.23. The Labute approximate surface area is 177 Å². The van der Waals surface area contributed by atoms with E-state index >= 15 is 0 Å². The van der Waals surface area contributed by atoms with E-state index in [1.807, 2.05) is 32.0 Å². The van der Waals surface area contributed by atoms with Crippen molar-refractivity contribution in [1.29, 1.82) is 0 Å². The highest BCUT2D eigenvalue weighted by Gasteiger charge is 2.50. The zero-order valence-corrected chi connectivity index (χ0v) is 17.8. The average Bonchev–Trinajstić information content (AvgIpc) is 2.71. The number of fused-ring (bicyclic) bond motifs is 3. The Hall–Kier alpha value is -2.48. The molecular weight excluding hydrogens is 386 g/mol. The third-order valence-corrected chi connectivity index (χ3v) is 6.05. The third-order valence-electron chi connectivity index (χ3n) is 6.05. The summed E-state index contributed by atoms with van der Waals surface area (Å²) >= 11 is 0. The second kappa shape index (κ2) is 9.55. The van der Waals surface area contributed by atoms with Gasteiger partial charge < -0.3 is 30.8 Å². The molecule has 2 heterocycles. The number of carboxylic acid groups (broad SMARTS) is 1. The van der Waals surface area contributed by atoms with Crippen LogP contribution in [0.25, 0.3) is 0 Å². The molecule has 166 valence electrons. The van der Waals surface area contributed by atoms with E-state index in [0.29, 0.717) is 31.1 Å². The fourth-order valence-corrected chi connectivity index (χ4v) is 4.58. The number of benzene rings is 1. The summed E-state index contributed by atoms with van der Waals surface area (Å²) in [6.45, 7) is 5.04. The third kappa shape index (κ3) is 4.98. The largest absolute Gasteiger partial charge is 0.490 e. The zero-order chi connectivity index (χ0) is 21.7. The van der Waals surface area contributed by atoms with E-state index in [4.69, 9.17) is 25.7 Å². The maximum absolute atomic E-state index is 11.3. The standard InChI is InChI=1S/C22H33N3O5/c1-3-28-17-8-4-7-15-19-16(22(2,30-20(15)17)12-11-18(26)27)10-9-14(29-19)6-5-13-25-21(23)24/h4,7-8,14,16,19H,3,5-6,9-13H2,1-2H3,(H,26,27)(H4,23,24,25)/t14-,16-,19+,22+/m1/s1. The van der Waals surface area contributed by atoms with Crippen LogP contribution in [0.15, 0.2) is 23.2 Å². The normalized spacial score (nSPS) is 27.3. The van der Waals surface area contributed by atoms with Crippen LogP contribution in [0.3, 0.4) is 0 Å². The predicted octanol–water partition coefficient (Wildman–Crippen LogP) is 2.99. The molecule has 5 N–H and O–H groups in total. The molecule has 1 saturated heterocycles. The Kier molecular flexibility index (Phi) is 7.07. The van der Waals surface area contributed by atoms with Crippen molar-refractivity contribution in [2.75, 3.05) is 13.2 Å². The van der Waals surface area contributed by atoms with Crippen LogP contribution >= 0.6 is 0 Å². The molecule has 2 aliphatic rings. The van der Waals surface area contributed by atoms with Crippen LogP contribution in [0, 0.1) is 5.92 Å². The van der Waals surface area contributed by atoms with Gasteiger partial charge in [-0.2, -0.15) is 0 Å². The Morgan fingerprint density at radius 3 is 2.87 bits per heavy atom. The lowest BCUT2D eigenvalue weighted by Gasteiger charge is -2.50. The van der Waals surface area contributed by atoms with E-state index < -0.39 is 11.6 Å². The molecule has 3 rings (SSSR count). The molecule has 2 aliphatic heterocycles. The molecule has 30 heavy (non-hydrogen) atoms. The number of aliphatic carboxylic acids is 1. The van der Waals surface area contributed by atoms with Crippen molar-refractivity contribution in [3.63, 3.8) is 0 Å². The molecule has 1 aromatic rings. The molecule has 0 saturated carbocycles. The number of carboxylic acids is 1. The van der Waals surface area contributed by atoms with Crippen LogP contribution < -0.4 is 20.9 Å². The average molecular weight is 420 g/mol. The molecule has 0 bridgehead atoms. The maximum Gasteiger partial charge on any atom is 0.303 e. The summed E-state index contributed by atoms with van der Waals surface area (Å²) in [6, 6.07) is 5.86. The van der Waals surface area contributed by atoms with Crippen molar-refractivity contribution in [2.45, 2.75) is 70.2 Å². The number of hydrogen-bond acceptors (Lipinski definition) is 5. The minimum absolute atomic E-state index is 0.0494. The molecule has 1 aromatic carbocycles. The van der Waals surface area contributed by atoms with Gasteiger partial charge in [0.25, 0.3) is 0 Å². The summed E-state index contributed by atoms with van der Waals surface area (Å²) in [6.07, 6.45) is 3.93. The molecule has 0 radical (unpaired) electrons. The van der Waals surface area contributed by atoms with Gasteiger partial charge in [-0.15, -0.1) is 0 Å².